The zero-order valence-electron chi connectivity index (χ0n) is 10.2. The predicted molar refractivity (Wildman–Crippen MR) is 64.1 cm³/mol. The van der Waals surface area contributed by atoms with Crippen LogP contribution in [0, 0.1) is 13.8 Å². The van der Waals surface area contributed by atoms with Crippen molar-refractivity contribution in [1.82, 2.24) is 9.97 Å². The zero-order chi connectivity index (χ0) is 12.4. The van der Waals surface area contributed by atoms with Gasteiger partial charge >= 0.3 is 5.97 Å². The maximum Gasteiger partial charge on any atom is 0.326 e. The summed E-state index contributed by atoms with van der Waals surface area (Å²) in [5, 5.41) is 9.21. The number of aliphatic carboxylic acids is 1. The Kier molecular flexibility index (Phi) is 3.26. The summed E-state index contributed by atoms with van der Waals surface area (Å²) in [6.45, 7) is 4.52. The van der Waals surface area contributed by atoms with Gasteiger partial charge in [0.2, 0.25) is 5.95 Å². The molecule has 0 unspecified atom stereocenters. The quantitative estimate of drug-likeness (QED) is 0.842. The molecule has 2 rings (SSSR count). The molecule has 0 bridgehead atoms. The van der Waals surface area contributed by atoms with Crippen molar-refractivity contribution in [3.05, 3.63) is 17.5 Å². The fraction of sp³-hybridized carbons (Fsp3) is 0.583. The van der Waals surface area contributed by atoms with E-state index >= 15 is 0 Å². The first-order chi connectivity index (χ1) is 8.08. The molecule has 0 saturated carbocycles. The monoisotopic (exact) mass is 235 g/mol. The minimum absolute atomic E-state index is 0.482. The van der Waals surface area contributed by atoms with Gasteiger partial charge in [0.1, 0.15) is 6.04 Å². The molecule has 0 aliphatic carbocycles. The molecule has 5 nitrogen and oxygen atoms in total. The third-order valence-electron chi connectivity index (χ3n) is 3.02. The van der Waals surface area contributed by atoms with E-state index in [0.29, 0.717) is 12.4 Å². The SMILES string of the molecule is Cc1cc(C)nc(N2CCCC[C@H]2C(=O)O)n1. The molecule has 1 aliphatic heterocycles. The highest BCUT2D eigenvalue weighted by atomic mass is 16.4. The van der Waals surface area contributed by atoms with Crippen LogP contribution in [0.5, 0.6) is 0 Å². The number of carboxylic acids is 1. The van der Waals surface area contributed by atoms with E-state index < -0.39 is 12.0 Å². The number of carbonyl (C=O) groups is 1. The number of anilines is 1. The van der Waals surface area contributed by atoms with Crippen molar-refractivity contribution in [2.24, 2.45) is 0 Å². The number of nitrogens with zero attached hydrogens (tertiary/aromatic N) is 3. The molecule has 0 spiro atoms. The van der Waals surface area contributed by atoms with Gasteiger partial charge in [-0.1, -0.05) is 0 Å². The van der Waals surface area contributed by atoms with E-state index in [1.54, 1.807) is 0 Å². The Morgan fingerprint density at radius 3 is 2.59 bits per heavy atom. The van der Waals surface area contributed by atoms with Gasteiger partial charge in [0.05, 0.1) is 0 Å². The number of carboxylic acid groups (broad SMARTS) is 1. The van der Waals surface area contributed by atoms with Crippen LogP contribution in [0.2, 0.25) is 0 Å². The lowest BCUT2D eigenvalue weighted by Crippen LogP contribution is -2.45. The average molecular weight is 235 g/mol. The molecule has 1 atom stereocenters. The molecule has 0 amide bonds. The number of aryl methyl sites for hydroxylation is 2. The molecular weight excluding hydrogens is 218 g/mol. The Bertz CT molecular complexity index is 414. The molecule has 0 aromatic carbocycles. The fourth-order valence-electron chi connectivity index (χ4n) is 2.26. The van der Waals surface area contributed by atoms with Gasteiger partial charge in [0, 0.05) is 17.9 Å². The number of aromatic nitrogens is 2. The van der Waals surface area contributed by atoms with E-state index in [9.17, 15) is 9.90 Å². The summed E-state index contributed by atoms with van der Waals surface area (Å²) in [7, 11) is 0. The van der Waals surface area contributed by atoms with Gasteiger partial charge in [0.25, 0.3) is 0 Å². The smallest absolute Gasteiger partial charge is 0.326 e. The first-order valence-corrected chi connectivity index (χ1v) is 5.89. The molecule has 1 aliphatic rings. The second-order valence-electron chi connectivity index (χ2n) is 4.49. The van der Waals surface area contributed by atoms with Crippen molar-refractivity contribution in [2.45, 2.75) is 39.2 Å². The van der Waals surface area contributed by atoms with Gasteiger partial charge in [-0.3, -0.25) is 0 Å². The van der Waals surface area contributed by atoms with E-state index in [2.05, 4.69) is 9.97 Å². The van der Waals surface area contributed by atoms with E-state index in [0.717, 1.165) is 30.8 Å². The second kappa shape index (κ2) is 4.69. The first kappa shape index (κ1) is 11.8. The van der Waals surface area contributed by atoms with Crippen molar-refractivity contribution >= 4 is 11.9 Å². The number of rotatable bonds is 2. The Labute approximate surface area is 100 Å². The molecular formula is C12H17N3O2. The molecule has 1 saturated heterocycles. The molecule has 1 N–H and O–H groups in total. The summed E-state index contributed by atoms with van der Waals surface area (Å²) in [5.74, 6) is -0.234. The van der Waals surface area contributed by atoms with Crippen LogP contribution in [-0.4, -0.2) is 33.6 Å². The van der Waals surface area contributed by atoms with Crippen LogP contribution in [0.25, 0.3) is 0 Å². The maximum absolute atomic E-state index is 11.2. The van der Waals surface area contributed by atoms with Crippen molar-refractivity contribution in [1.29, 1.82) is 0 Å². The van der Waals surface area contributed by atoms with Crippen LogP contribution >= 0.6 is 0 Å². The minimum atomic E-state index is -0.785. The Hall–Kier alpha value is -1.65. The van der Waals surface area contributed by atoms with Crippen molar-refractivity contribution in [3.8, 4) is 0 Å². The van der Waals surface area contributed by atoms with Crippen LogP contribution in [0.3, 0.4) is 0 Å². The van der Waals surface area contributed by atoms with Gasteiger partial charge in [-0.2, -0.15) is 0 Å². The maximum atomic E-state index is 11.2. The van der Waals surface area contributed by atoms with Gasteiger partial charge < -0.3 is 10.0 Å². The van der Waals surface area contributed by atoms with Crippen molar-refractivity contribution in [3.63, 3.8) is 0 Å². The van der Waals surface area contributed by atoms with Crippen molar-refractivity contribution < 1.29 is 9.90 Å². The van der Waals surface area contributed by atoms with Crippen LogP contribution in [0.15, 0.2) is 6.07 Å². The Balaban J connectivity index is 2.32. The van der Waals surface area contributed by atoms with E-state index in [4.69, 9.17) is 0 Å². The van der Waals surface area contributed by atoms with E-state index in [1.807, 2.05) is 24.8 Å². The van der Waals surface area contributed by atoms with E-state index in [1.165, 1.54) is 0 Å². The number of hydrogen-bond acceptors (Lipinski definition) is 4. The summed E-state index contributed by atoms with van der Waals surface area (Å²) in [4.78, 5) is 21.7. The molecule has 1 aromatic rings. The minimum Gasteiger partial charge on any atom is -0.480 e. The third kappa shape index (κ3) is 2.54. The molecule has 1 fully saturated rings. The summed E-state index contributed by atoms with van der Waals surface area (Å²) >= 11 is 0. The topological polar surface area (TPSA) is 66.3 Å². The Morgan fingerprint density at radius 2 is 2.00 bits per heavy atom. The molecule has 0 radical (unpaired) electrons. The molecule has 92 valence electrons. The highest BCUT2D eigenvalue weighted by Crippen LogP contribution is 2.22. The van der Waals surface area contributed by atoms with Crippen LogP contribution < -0.4 is 4.90 Å². The highest BCUT2D eigenvalue weighted by Gasteiger charge is 2.30. The standard InChI is InChI=1S/C12H17N3O2/c1-8-7-9(2)14-12(13-8)15-6-4-3-5-10(15)11(16)17/h7,10H,3-6H2,1-2H3,(H,16,17)/t10-/m0/s1. The number of piperidine rings is 1. The first-order valence-electron chi connectivity index (χ1n) is 5.89. The van der Waals surface area contributed by atoms with Crippen LogP contribution in [-0.2, 0) is 4.79 Å². The fourth-order valence-corrected chi connectivity index (χ4v) is 2.26. The highest BCUT2D eigenvalue weighted by molar-refractivity contribution is 5.77. The largest absolute Gasteiger partial charge is 0.480 e. The predicted octanol–water partition coefficient (Wildman–Crippen LogP) is 1.54. The lowest BCUT2D eigenvalue weighted by atomic mass is 10.0. The second-order valence-corrected chi connectivity index (χ2v) is 4.49. The molecule has 5 heteroatoms. The molecule has 1 aromatic heterocycles. The van der Waals surface area contributed by atoms with Crippen molar-refractivity contribution in [2.75, 3.05) is 11.4 Å². The summed E-state index contributed by atoms with van der Waals surface area (Å²) in [6, 6.07) is 1.41. The summed E-state index contributed by atoms with van der Waals surface area (Å²) in [6.07, 6.45) is 2.63. The number of hydrogen-bond donors (Lipinski definition) is 1. The van der Waals surface area contributed by atoms with E-state index in [-0.39, 0.29) is 0 Å². The average Bonchev–Trinajstić information content (AvgIpc) is 2.27. The lowest BCUT2D eigenvalue weighted by Gasteiger charge is -2.33. The lowest BCUT2D eigenvalue weighted by molar-refractivity contribution is -0.139. The zero-order valence-corrected chi connectivity index (χ0v) is 10.2. The summed E-state index contributed by atoms with van der Waals surface area (Å²) in [5.41, 5.74) is 1.75. The third-order valence-corrected chi connectivity index (χ3v) is 3.02. The van der Waals surface area contributed by atoms with Gasteiger partial charge in [0.15, 0.2) is 0 Å². The summed E-state index contributed by atoms with van der Waals surface area (Å²) < 4.78 is 0. The van der Waals surface area contributed by atoms with Crippen LogP contribution in [0.4, 0.5) is 5.95 Å². The van der Waals surface area contributed by atoms with Gasteiger partial charge in [-0.05, 0) is 39.2 Å². The normalized spacial score (nSPS) is 20.4. The molecule has 17 heavy (non-hydrogen) atoms. The Morgan fingerprint density at radius 1 is 1.35 bits per heavy atom. The molecule has 2 heterocycles. The van der Waals surface area contributed by atoms with Gasteiger partial charge in [-0.25, -0.2) is 14.8 Å². The van der Waals surface area contributed by atoms with Crippen LogP contribution in [0.1, 0.15) is 30.7 Å². The van der Waals surface area contributed by atoms with Gasteiger partial charge in [-0.15, -0.1) is 0 Å².